The van der Waals surface area contributed by atoms with E-state index in [9.17, 15) is 19.7 Å². The number of amides is 2. The van der Waals surface area contributed by atoms with E-state index in [1.54, 1.807) is 41.3 Å². The minimum absolute atomic E-state index is 0.0512. The van der Waals surface area contributed by atoms with Crippen LogP contribution in [-0.2, 0) is 0 Å². The fraction of sp³-hybridized carbons (Fsp3) is 0.333. The van der Waals surface area contributed by atoms with Crippen molar-refractivity contribution in [1.82, 2.24) is 4.90 Å². The Kier molecular flexibility index (Phi) is 5.16. The van der Waals surface area contributed by atoms with Crippen molar-refractivity contribution < 1.29 is 14.5 Å². The molecule has 2 N–H and O–H groups in total. The molecular weight excluding hydrogens is 372 g/mol. The van der Waals surface area contributed by atoms with Gasteiger partial charge in [-0.3, -0.25) is 19.7 Å². The number of hydrogen-bond donors (Lipinski definition) is 2. The van der Waals surface area contributed by atoms with Crippen molar-refractivity contribution in [2.75, 3.05) is 23.7 Å². The number of benzene rings is 2. The maximum absolute atomic E-state index is 12.6. The van der Waals surface area contributed by atoms with Crippen LogP contribution in [0.15, 0.2) is 42.5 Å². The van der Waals surface area contributed by atoms with Crippen LogP contribution in [0.3, 0.4) is 0 Å². The topological polar surface area (TPSA) is 105 Å². The zero-order chi connectivity index (χ0) is 20.4. The second-order valence-electron chi connectivity index (χ2n) is 7.44. The van der Waals surface area contributed by atoms with E-state index in [0.29, 0.717) is 16.9 Å². The molecule has 2 aromatic rings. The summed E-state index contributed by atoms with van der Waals surface area (Å²) in [4.78, 5) is 37.9. The molecule has 0 bridgehead atoms. The Morgan fingerprint density at radius 3 is 2.48 bits per heavy atom. The standard InChI is InChI=1S/C21H22N4O4/c26-20(14-6-9-18(22-16-7-8-16)19(13-14)25(28)29)23-17-5-3-4-15(12-17)21(27)24-10-1-2-11-24/h3-6,9,12-13,16,22H,1-2,7-8,10-11H2,(H,23,26). The predicted octanol–water partition coefficient (Wildman–Crippen LogP) is 3.66. The molecule has 29 heavy (non-hydrogen) atoms. The van der Waals surface area contributed by atoms with Gasteiger partial charge in [0.1, 0.15) is 5.69 Å². The first kappa shape index (κ1) is 18.9. The Morgan fingerprint density at radius 2 is 1.79 bits per heavy atom. The second kappa shape index (κ2) is 7.90. The van der Waals surface area contributed by atoms with Crippen molar-refractivity contribution in [3.63, 3.8) is 0 Å². The highest BCUT2D eigenvalue weighted by atomic mass is 16.6. The summed E-state index contributed by atoms with van der Waals surface area (Å²) in [6.45, 7) is 1.50. The number of rotatable bonds is 6. The summed E-state index contributed by atoms with van der Waals surface area (Å²) in [5.41, 5.74) is 1.48. The van der Waals surface area contributed by atoms with E-state index in [0.717, 1.165) is 38.8 Å². The summed E-state index contributed by atoms with van der Waals surface area (Å²) in [5.74, 6) is -0.512. The normalized spacial score (nSPS) is 15.8. The number of carbonyl (C=O) groups excluding carboxylic acids is 2. The molecule has 2 aromatic carbocycles. The summed E-state index contributed by atoms with van der Waals surface area (Å²) in [7, 11) is 0. The average Bonchev–Trinajstić information content (AvgIpc) is 3.36. The summed E-state index contributed by atoms with van der Waals surface area (Å²) in [6, 6.07) is 11.4. The molecule has 4 rings (SSSR count). The molecule has 1 saturated carbocycles. The number of nitrogens with zero attached hydrogens (tertiary/aromatic N) is 2. The van der Waals surface area contributed by atoms with E-state index in [4.69, 9.17) is 0 Å². The van der Waals surface area contributed by atoms with Gasteiger partial charge in [0, 0.05) is 42.0 Å². The largest absolute Gasteiger partial charge is 0.377 e. The zero-order valence-electron chi connectivity index (χ0n) is 15.9. The van der Waals surface area contributed by atoms with E-state index >= 15 is 0 Å². The van der Waals surface area contributed by atoms with Crippen LogP contribution in [0, 0.1) is 10.1 Å². The van der Waals surface area contributed by atoms with Crippen LogP contribution in [0.25, 0.3) is 0 Å². The smallest absolute Gasteiger partial charge is 0.293 e. The molecule has 0 unspecified atom stereocenters. The molecular formula is C21H22N4O4. The maximum Gasteiger partial charge on any atom is 0.293 e. The first-order valence-electron chi connectivity index (χ1n) is 9.77. The van der Waals surface area contributed by atoms with Crippen LogP contribution in [-0.4, -0.2) is 40.8 Å². The van der Waals surface area contributed by atoms with Gasteiger partial charge in [-0.05, 0) is 56.0 Å². The molecule has 1 heterocycles. The maximum atomic E-state index is 12.6. The predicted molar refractivity (Wildman–Crippen MR) is 109 cm³/mol. The Balaban J connectivity index is 1.50. The molecule has 1 aliphatic carbocycles. The first-order chi connectivity index (χ1) is 14.0. The summed E-state index contributed by atoms with van der Waals surface area (Å²) in [6.07, 6.45) is 4.00. The third kappa shape index (κ3) is 4.37. The molecule has 0 aromatic heterocycles. The first-order valence-corrected chi connectivity index (χ1v) is 9.77. The number of nitro benzene ring substituents is 1. The van der Waals surface area contributed by atoms with Gasteiger partial charge >= 0.3 is 0 Å². The van der Waals surface area contributed by atoms with Crippen LogP contribution < -0.4 is 10.6 Å². The van der Waals surface area contributed by atoms with Gasteiger partial charge in [0.25, 0.3) is 17.5 Å². The fourth-order valence-electron chi connectivity index (χ4n) is 3.43. The number of carbonyl (C=O) groups is 2. The Morgan fingerprint density at radius 1 is 1.03 bits per heavy atom. The van der Waals surface area contributed by atoms with Crippen molar-refractivity contribution in [3.05, 3.63) is 63.7 Å². The Bertz CT molecular complexity index is 965. The molecule has 2 aliphatic rings. The molecule has 0 atom stereocenters. The van der Waals surface area contributed by atoms with Gasteiger partial charge in [-0.25, -0.2) is 0 Å². The van der Waals surface area contributed by atoms with Gasteiger partial charge in [-0.1, -0.05) is 6.07 Å². The van der Waals surface area contributed by atoms with Crippen LogP contribution in [0.4, 0.5) is 17.1 Å². The van der Waals surface area contributed by atoms with Gasteiger partial charge < -0.3 is 15.5 Å². The molecule has 8 heteroatoms. The van der Waals surface area contributed by atoms with Crippen LogP contribution in [0.5, 0.6) is 0 Å². The highest BCUT2D eigenvalue weighted by molar-refractivity contribution is 6.06. The number of anilines is 2. The number of nitro groups is 1. The number of likely N-dealkylation sites (tertiary alicyclic amines) is 1. The van der Waals surface area contributed by atoms with Gasteiger partial charge in [0.15, 0.2) is 0 Å². The van der Waals surface area contributed by atoms with Gasteiger partial charge in [-0.15, -0.1) is 0 Å². The second-order valence-corrected chi connectivity index (χ2v) is 7.44. The van der Waals surface area contributed by atoms with Gasteiger partial charge in [-0.2, -0.15) is 0 Å². The van der Waals surface area contributed by atoms with Crippen LogP contribution >= 0.6 is 0 Å². The quantitative estimate of drug-likeness (QED) is 0.575. The highest BCUT2D eigenvalue weighted by Gasteiger charge is 2.26. The SMILES string of the molecule is O=C(Nc1cccc(C(=O)N2CCCC2)c1)c1ccc(NC2CC2)c([N+](=O)[O-])c1. The van der Waals surface area contributed by atoms with Crippen molar-refractivity contribution in [1.29, 1.82) is 0 Å². The van der Waals surface area contributed by atoms with E-state index in [1.165, 1.54) is 6.07 Å². The Hall–Kier alpha value is -3.42. The van der Waals surface area contributed by atoms with Gasteiger partial charge in [0.05, 0.1) is 4.92 Å². The molecule has 1 aliphatic heterocycles. The van der Waals surface area contributed by atoms with Gasteiger partial charge in [0.2, 0.25) is 0 Å². The molecule has 1 saturated heterocycles. The molecule has 0 radical (unpaired) electrons. The molecule has 150 valence electrons. The van der Waals surface area contributed by atoms with Crippen molar-refractivity contribution in [2.24, 2.45) is 0 Å². The van der Waals surface area contributed by atoms with Crippen LogP contribution in [0.2, 0.25) is 0 Å². The lowest BCUT2D eigenvalue weighted by Crippen LogP contribution is -2.27. The average molecular weight is 394 g/mol. The molecule has 2 amide bonds. The van der Waals surface area contributed by atoms with Crippen molar-refractivity contribution >= 4 is 28.9 Å². The Labute approximate surface area is 168 Å². The summed E-state index contributed by atoms with van der Waals surface area (Å²) < 4.78 is 0. The third-order valence-corrected chi connectivity index (χ3v) is 5.15. The minimum Gasteiger partial charge on any atom is -0.377 e. The lowest BCUT2D eigenvalue weighted by Gasteiger charge is -2.16. The lowest BCUT2D eigenvalue weighted by atomic mass is 10.1. The molecule has 0 spiro atoms. The number of hydrogen-bond acceptors (Lipinski definition) is 5. The third-order valence-electron chi connectivity index (χ3n) is 5.15. The lowest BCUT2D eigenvalue weighted by molar-refractivity contribution is -0.384. The molecule has 8 nitrogen and oxygen atoms in total. The highest BCUT2D eigenvalue weighted by Crippen LogP contribution is 2.31. The van der Waals surface area contributed by atoms with Crippen molar-refractivity contribution in [2.45, 2.75) is 31.7 Å². The van der Waals surface area contributed by atoms with E-state index in [-0.39, 0.29) is 23.2 Å². The minimum atomic E-state index is -0.489. The summed E-state index contributed by atoms with van der Waals surface area (Å²) >= 11 is 0. The monoisotopic (exact) mass is 394 g/mol. The summed E-state index contributed by atoms with van der Waals surface area (Å²) in [5, 5.41) is 17.2. The van der Waals surface area contributed by atoms with E-state index in [1.807, 2.05) is 0 Å². The van der Waals surface area contributed by atoms with E-state index in [2.05, 4.69) is 10.6 Å². The van der Waals surface area contributed by atoms with E-state index < -0.39 is 10.8 Å². The van der Waals surface area contributed by atoms with Crippen LogP contribution in [0.1, 0.15) is 46.4 Å². The fourth-order valence-corrected chi connectivity index (χ4v) is 3.43. The zero-order valence-corrected chi connectivity index (χ0v) is 15.9. The molecule has 2 fully saturated rings. The number of nitrogens with one attached hydrogen (secondary N) is 2. The van der Waals surface area contributed by atoms with Crippen molar-refractivity contribution in [3.8, 4) is 0 Å².